The van der Waals surface area contributed by atoms with Gasteiger partial charge in [-0.05, 0) is 145 Å². The van der Waals surface area contributed by atoms with Crippen LogP contribution in [0.3, 0.4) is 0 Å². The van der Waals surface area contributed by atoms with E-state index in [9.17, 15) is 14.4 Å². The second-order valence-electron chi connectivity index (χ2n) is 18.3. The molecule has 0 saturated carbocycles. The van der Waals surface area contributed by atoms with Crippen LogP contribution in [0, 0.1) is 13.8 Å². The Bertz CT molecular complexity index is 3130. The summed E-state index contributed by atoms with van der Waals surface area (Å²) in [5, 5.41) is 27.2. The smallest absolute Gasteiger partial charge is 0.456 e. The number of aromatic nitrogens is 4. The molecule has 0 aliphatic carbocycles. The van der Waals surface area contributed by atoms with Gasteiger partial charge in [0.25, 0.3) is 5.56 Å². The molecule has 0 aliphatic rings. The number of halogens is 4. The average molecular weight is 1040 g/mol. The van der Waals surface area contributed by atoms with Crippen LogP contribution < -0.4 is 15.8 Å². The average Bonchev–Trinajstić information content (AvgIpc) is 3.89. The molecule has 0 amide bonds. The Labute approximate surface area is 432 Å². The van der Waals surface area contributed by atoms with Gasteiger partial charge in [-0.2, -0.15) is 0 Å². The summed E-state index contributed by atoms with van der Waals surface area (Å²) in [4.78, 5) is 36.0. The van der Waals surface area contributed by atoms with Crippen molar-refractivity contribution in [2.24, 2.45) is 0 Å². The minimum Gasteiger partial charge on any atom is -0.456 e. The van der Waals surface area contributed by atoms with E-state index in [4.69, 9.17) is 70.7 Å². The molecule has 0 atom stereocenters. The van der Waals surface area contributed by atoms with Gasteiger partial charge < -0.3 is 24.3 Å². The molecule has 0 radical (unpaired) electrons. The molecule has 8 aromatic rings. The van der Waals surface area contributed by atoms with Crippen LogP contribution in [0.1, 0.15) is 73.4 Å². The lowest BCUT2D eigenvalue weighted by Crippen LogP contribution is -2.30. The van der Waals surface area contributed by atoms with Crippen molar-refractivity contribution in [2.45, 2.75) is 66.6 Å². The Balaban J connectivity index is 0.000000190. The second-order valence-corrected chi connectivity index (χ2v) is 20.0. The largest absolute Gasteiger partial charge is 0.488 e. The lowest BCUT2D eigenvalue weighted by molar-refractivity contribution is 0.00570. The molecule has 71 heavy (non-hydrogen) atoms. The maximum absolute atomic E-state index is 12.3. The molecular formula is C54H51BCl4N4O8. The topological polar surface area (TPSA) is 158 Å². The molecule has 0 saturated heterocycles. The molecule has 17 heteroatoms. The lowest BCUT2D eigenvalue weighted by Gasteiger charge is -2.19. The number of esters is 2. The zero-order chi connectivity index (χ0) is 51.8. The van der Waals surface area contributed by atoms with E-state index in [-0.39, 0.29) is 11.5 Å². The zero-order valence-electron chi connectivity index (χ0n) is 40.1. The minimum atomic E-state index is -1.52. The van der Waals surface area contributed by atoms with Gasteiger partial charge in [0.1, 0.15) is 17.0 Å². The van der Waals surface area contributed by atoms with Crippen molar-refractivity contribution in [1.29, 1.82) is 0 Å². The monoisotopic (exact) mass is 1030 g/mol. The van der Waals surface area contributed by atoms with E-state index in [1.54, 1.807) is 97.0 Å². The fourth-order valence-corrected chi connectivity index (χ4v) is 7.58. The minimum absolute atomic E-state index is 0.157. The number of aryl methyl sites for hydroxylation is 2. The summed E-state index contributed by atoms with van der Waals surface area (Å²) in [6, 6.07) is 39.0. The number of ether oxygens (including phenoxy) is 3. The second kappa shape index (κ2) is 23.1. The van der Waals surface area contributed by atoms with E-state index in [1.165, 1.54) is 24.3 Å². The quantitative estimate of drug-likeness (QED) is 0.0945. The number of carbonyl (C=O) groups excluding carboxylic acids is 2. The fourth-order valence-electron chi connectivity index (χ4n) is 6.55. The molecule has 6 aromatic carbocycles. The highest BCUT2D eigenvalue weighted by Crippen LogP contribution is 2.35. The van der Waals surface area contributed by atoms with Gasteiger partial charge in [-0.1, -0.05) is 118 Å². The van der Waals surface area contributed by atoms with Crippen LogP contribution >= 0.6 is 46.4 Å². The number of aromatic amines is 1. The zero-order valence-corrected chi connectivity index (χ0v) is 43.2. The first-order valence-corrected chi connectivity index (χ1v) is 23.6. The van der Waals surface area contributed by atoms with Gasteiger partial charge in [0.15, 0.2) is 0 Å². The number of nitrogens with zero attached hydrogens (tertiary/aromatic N) is 3. The Kier molecular flexibility index (Phi) is 17.5. The number of hydrogen-bond acceptors (Lipinski definition) is 9. The number of H-pyrrole nitrogens is 1. The molecule has 3 N–H and O–H groups in total. The SMILES string of the molecule is CC(C)(C)OC(=O)c1ccc(B(O)O)cc1.Cc1ccc(-c2cn(-c3cc(Cl)cc(Cl)c3)[nH]c2=O)cc1.Cc1ccc(-c2cn(-c3cc(Cl)cc(Cl)c3)nc2Oc2ccc(C(=O)OC(C)(C)C)cc2)cc1. The van der Waals surface area contributed by atoms with E-state index in [0.29, 0.717) is 65.2 Å². The van der Waals surface area contributed by atoms with Gasteiger partial charge >= 0.3 is 19.1 Å². The number of benzene rings is 6. The molecule has 0 spiro atoms. The number of carbonyl (C=O) groups is 2. The van der Waals surface area contributed by atoms with Crippen LogP contribution in [0.25, 0.3) is 33.6 Å². The van der Waals surface area contributed by atoms with Gasteiger partial charge in [-0.25, -0.2) is 14.3 Å². The number of nitrogens with one attached hydrogen (secondary N) is 1. The van der Waals surface area contributed by atoms with Gasteiger partial charge in [0.05, 0.1) is 33.6 Å². The predicted molar refractivity (Wildman–Crippen MR) is 283 cm³/mol. The van der Waals surface area contributed by atoms with Crippen molar-refractivity contribution >= 4 is 70.9 Å². The highest BCUT2D eigenvalue weighted by Gasteiger charge is 2.21. The molecule has 0 fully saturated rings. The summed E-state index contributed by atoms with van der Waals surface area (Å²) in [7, 11) is -1.52. The Morgan fingerprint density at radius 3 is 1.44 bits per heavy atom. The van der Waals surface area contributed by atoms with Crippen LogP contribution in [-0.4, -0.2) is 59.9 Å². The van der Waals surface area contributed by atoms with Crippen molar-refractivity contribution in [3.8, 4) is 45.3 Å². The van der Waals surface area contributed by atoms with Crippen LogP contribution in [0.2, 0.25) is 20.1 Å². The van der Waals surface area contributed by atoms with E-state index < -0.39 is 24.3 Å². The van der Waals surface area contributed by atoms with E-state index in [0.717, 1.165) is 27.8 Å². The highest BCUT2D eigenvalue weighted by atomic mass is 35.5. The molecule has 2 heterocycles. The predicted octanol–water partition coefficient (Wildman–Crippen LogP) is 12.7. The van der Waals surface area contributed by atoms with Crippen molar-refractivity contribution in [3.05, 3.63) is 199 Å². The van der Waals surface area contributed by atoms with Crippen LogP contribution in [0.4, 0.5) is 0 Å². The summed E-state index contributed by atoms with van der Waals surface area (Å²) in [5.74, 6) is 0.132. The summed E-state index contributed by atoms with van der Waals surface area (Å²) in [6.07, 6.45) is 3.62. The molecule has 366 valence electrons. The van der Waals surface area contributed by atoms with E-state index in [1.807, 2.05) is 89.3 Å². The highest BCUT2D eigenvalue weighted by molar-refractivity contribution is 6.58. The van der Waals surface area contributed by atoms with Gasteiger partial charge in [-0.3, -0.25) is 14.6 Å². The number of rotatable bonds is 9. The Morgan fingerprint density at radius 2 is 1.00 bits per heavy atom. The van der Waals surface area contributed by atoms with Gasteiger partial charge in [-0.15, -0.1) is 5.10 Å². The summed E-state index contributed by atoms with van der Waals surface area (Å²) < 4.78 is 20.0. The molecule has 0 aliphatic heterocycles. The first-order valence-electron chi connectivity index (χ1n) is 22.1. The maximum atomic E-state index is 12.3. The van der Waals surface area contributed by atoms with Crippen LogP contribution in [-0.2, 0) is 9.47 Å². The van der Waals surface area contributed by atoms with Crippen molar-refractivity contribution in [1.82, 2.24) is 19.6 Å². The van der Waals surface area contributed by atoms with Gasteiger partial charge in [0.2, 0.25) is 5.88 Å². The summed E-state index contributed by atoms with van der Waals surface area (Å²) in [6.45, 7) is 14.9. The Morgan fingerprint density at radius 1 is 0.577 bits per heavy atom. The molecular weight excluding hydrogens is 985 g/mol. The van der Waals surface area contributed by atoms with Gasteiger partial charge in [0, 0.05) is 32.5 Å². The standard InChI is InChI=1S/C27H24Cl2N2O3.C16H12Cl2N2O.C11H15BO4/c1-17-5-7-18(8-6-17)24-16-31(22-14-20(28)13-21(29)15-22)30-25(24)33-23-11-9-19(10-12-23)26(32)34-27(2,3)4;1-10-2-4-11(5-3-10)15-9-20(19-16(15)21)14-7-12(17)6-13(18)8-14;1-11(2,3)16-10(13)8-4-6-9(7-5-8)12(14)15/h5-16H,1-4H3;2-9H,1H3,(H,19,21);4-7,14-15H,1-3H3. The maximum Gasteiger partial charge on any atom is 0.488 e. The normalized spacial score (nSPS) is 11.1. The van der Waals surface area contributed by atoms with Crippen LogP contribution in [0.5, 0.6) is 11.6 Å². The Hall–Kier alpha value is -6.58. The van der Waals surface area contributed by atoms with E-state index >= 15 is 0 Å². The molecule has 12 nitrogen and oxygen atoms in total. The molecule has 8 rings (SSSR count). The fraction of sp³-hybridized carbons (Fsp3) is 0.185. The summed E-state index contributed by atoms with van der Waals surface area (Å²) in [5.41, 5.74) is 6.86. The van der Waals surface area contributed by atoms with E-state index in [2.05, 4.69) is 10.2 Å². The number of hydrogen-bond donors (Lipinski definition) is 3. The van der Waals surface area contributed by atoms with Crippen molar-refractivity contribution < 1.29 is 33.8 Å². The first-order chi connectivity index (χ1) is 33.4. The third-order valence-electron chi connectivity index (χ3n) is 9.91. The van der Waals surface area contributed by atoms with Crippen LogP contribution in [0.15, 0.2) is 151 Å². The summed E-state index contributed by atoms with van der Waals surface area (Å²) >= 11 is 24.4. The first kappa shape index (κ1) is 53.8. The van der Waals surface area contributed by atoms with Crippen molar-refractivity contribution in [2.75, 3.05) is 0 Å². The van der Waals surface area contributed by atoms with Crippen molar-refractivity contribution in [3.63, 3.8) is 0 Å². The third-order valence-corrected chi connectivity index (χ3v) is 10.8. The molecule has 0 bridgehead atoms. The lowest BCUT2D eigenvalue weighted by atomic mass is 9.80. The molecule has 0 unspecified atom stereocenters. The molecule has 2 aromatic heterocycles. The third kappa shape index (κ3) is 15.7.